The van der Waals surface area contributed by atoms with Gasteiger partial charge in [0.05, 0.1) is 12.2 Å². The summed E-state index contributed by atoms with van der Waals surface area (Å²) in [6.07, 6.45) is 18.5. The van der Waals surface area contributed by atoms with E-state index in [4.69, 9.17) is 11.2 Å². The minimum atomic E-state index is -0.332. The highest BCUT2D eigenvalue weighted by atomic mass is 16.5. The molecule has 4 saturated carbocycles. The molecule has 0 bridgehead atoms. The molecular formula is C31H48O3. The van der Waals surface area contributed by atoms with Crippen molar-refractivity contribution in [2.45, 2.75) is 105 Å². The fourth-order valence-electron chi connectivity index (χ4n) is 10.4. The van der Waals surface area contributed by atoms with Crippen molar-refractivity contribution >= 4 is 0 Å². The molecule has 3 nitrogen and oxygen atoms in total. The summed E-state index contributed by atoms with van der Waals surface area (Å²) in [7, 11) is 0. The third-order valence-corrected chi connectivity index (χ3v) is 12.2. The van der Waals surface area contributed by atoms with Crippen LogP contribution < -0.4 is 0 Å². The number of fused-ring (bicyclic) bond motifs is 7. The Kier molecular flexibility index (Phi) is 6.11. The van der Waals surface area contributed by atoms with Crippen molar-refractivity contribution in [1.82, 2.24) is 0 Å². The molecule has 34 heavy (non-hydrogen) atoms. The first-order valence-electron chi connectivity index (χ1n) is 14.0. The van der Waals surface area contributed by atoms with Gasteiger partial charge in [0.15, 0.2) is 0 Å². The number of hydrogen-bond donors (Lipinski definition) is 2. The van der Waals surface area contributed by atoms with E-state index in [1.807, 2.05) is 0 Å². The predicted molar refractivity (Wildman–Crippen MR) is 137 cm³/mol. The summed E-state index contributed by atoms with van der Waals surface area (Å²) in [5.41, 5.74) is 2.71. The Hall–Kier alpha value is -0.820. The van der Waals surface area contributed by atoms with Crippen LogP contribution in [0.25, 0.3) is 0 Å². The van der Waals surface area contributed by atoms with Gasteiger partial charge in [-0.25, -0.2) is 0 Å². The Morgan fingerprint density at radius 3 is 2.38 bits per heavy atom. The van der Waals surface area contributed by atoms with Crippen LogP contribution in [0.5, 0.6) is 0 Å². The third-order valence-electron chi connectivity index (χ3n) is 12.2. The number of aliphatic hydroxyl groups is 2. The summed E-state index contributed by atoms with van der Waals surface area (Å²) >= 11 is 0. The van der Waals surface area contributed by atoms with Crippen LogP contribution in [0.1, 0.15) is 92.4 Å². The maximum atomic E-state index is 10.7. The lowest BCUT2D eigenvalue weighted by molar-refractivity contribution is -0.174. The molecule has 5 rings (SSSR count). The molecule has 10 atom stereocenters. The van der Waals surface area contributed by atoms with E-state index >= 15 is 0 Å². The number of rotatable bonds is 3. The molecule has 0 amide bonds. The second-order valence-electron chi connectivity index (χ2n) is 14.3. The summed E-state index contributed by atoms with van der Waals surface area (Å²) in [6.45, 7) is 13.0. The van der Waals surface area contributed by atoms with Gasteiger partial charge in [-0.15, -0.1) is 6.42 Å². The lowest BCUT2D eigenvalue weighted by atomic mass is 9.38. The number of hydrogen-bond acceptors (Lipinski definition) is 3. The number of allylic oxidation sites excluding steroid dienone is 2. The molecule has 10 unspecified atom stereocenters. The lowest BCUT2D eigenvalue weighted by Gasteiger charge is -2.67. The molecule has 0 aliphatic heterocycles. The van der Waals surface area contributed by atoms with E-state index in [0.717, 1.165) is 32.1 Å². The molecule has 190 valence electrons. The van der Waals surface area contributed by atoms with Crippen LogP contribution in [-0.4, -0.2) is 35.6 Å². The molecule has 0 aromatic heterocycles. The van der Waals surface area contributed by atoms with Crippen molar-refractivity contribution in [2.75, 3.05) is 13.2 Å². The monoisotopic (exact) mass is 468 g/mol. The molecule has 0 spiro atoms. The SMILES string of the molecule is C#CCOC1CC(C)(C)CC2C3=CCC4C(C)(CCC5C(CO)C(O)CCC54C)C3CCC12C. The lowest BCUT2D eigenvalue weighted by Crippen LogP contribution is -2.61. The highest BCUT2D eigenvalue weighted by Crippen LogP contribution is 2.70. The Bertz CT molecular complexity index is 868. The van der Waals surface area contributed by atoms with Crippen LogP contribution >= 0.6 is 0 Å². The van der Waals surface area contributed by atoms with Crippen molar-refractivity contribution in [3.8, 4) is 12.3 Å². The standard InChI is InChI=1S/C31H48O3/c1-7-16-34-27-18-28(2,3)17-24-20-8-9-26-29(4,22(20)11-14-31(24,27)6)13-10-23-21(19-32)25(33)12-15-30(23,26)5/h1,8,21-27,32-33H,9-19H2,2-6H3. The summed E-state index contributed by atoms with van der Waals surface area (Å²) in [6, 6.07) is 0. The number of ether oxygens (including phenoxy) is 1. The van der Waals surface area contributed by atoms with Crippen LogP contribution in [0, 0.1) is 63.6 Å². The van der Waals surface area contributed by atoms with E-state index in [9.17, 15) is 10.2 Å². The topological polar surface area (TPSA) is 49.7 Å². The van der Waals surface area contributed by atoms with Crippen molar-refractivity contribution in [2.24, 2.45) is 51.2 Å². The first-order chi connectivity index (χ1) is 16.0. The second-order valence-corrected chi connectivity index (χ2v) is 14.3. The zero-order valence-electron chi connectivity index (χ0n) is 22.3. The Balaban J connectivity index is 1.50. The molecule has 3 heteroatoms. The van der Waals surface area contributed by atoms with Gasteiger partial charge in [-0.05, 0) is 97.7 Å². The van der Waals surface area contributed by atoms with E-state index in [-0.39, 0.29) is 41.0 Å². The average molecular weight is 469 g/mol. The first-order valence-corrected chi connectivity index (χ1v) is 14.0. The number of aliphatic hydroxyl groups excluding tert-OH is 2. The highest BCUT2D eigenvalue weighted by molar-refractivity contribution is 5.29. The minimum Gasteiger partial charge on any atom is -0.396 e. The van der Waals surface area contributed by atoms with E-state index in [0.29, 0.717) is 35.7 Å². The van der Waals surface area contributed by atoms with Crippen LogP contribution in [0.2, 0.25) is 0 Å². The fourth-order valence-corrected chi connectivity index (χ4v) is 10.4. The molecule has 0 radical (unpaired) electrons. The van der Waals surface area contributed by atoms with Gasteiger partial charge in [0, 0.05) is 17.9 Å². The molecule has 0 aromatic rings. The minimum absolute atomic E-state index is 0.0523. The van der Waals surface area contributed by atoms with Gasteiger partial charge >= 0.3 is 0 Å². The molecular weight excluding hydrogens is 420 g/mol. The first kappa shape index (κ1) is 24.9. The zero-order valence-corrected chi connectivity index (χ0v) is 22.3. The van der Waals surface area contributed by atoms with Crippen molar-refractivity contribution in [3.63, 3.8) is 0 Å². The fraction of sp³-hybridized carbons (Fsp3) is 0.871. The second kappa shape index (κ2) is 8.36. The molecule has 5 aliphatic carbocycles. The van der Waals surface area contributed by atoms with Gasteiger partial charge in [0.1, 0.15) is 6.61 Å². The quantitative estimate of drug-likeness (QED) is 0.395. The van der Waals surface area contributed by atoms with Crippen molar-refractivity contribution in [3.05, 3.63) is 11.6 Å². The van der Waals surface area contributed by atoms with E-state index < -0.39 is 0 Å². The normalized spacial score (nSPS) is 51.7. The largest absolute Gasteiger partial charge is 0.396 e. The van der Waals surface area contributed by atoms with Gasteiger partial charge in [-0.3, -0.25) is 0 Å². The molecule has 0 heterocycles. The molecule has 5 aliphatic rings. The van der Waals surface area contributed by atoms with Gasteiger partial charge in [-0.1, -0.05) is 52.2 Å². The molecule has 4 fully saturated rings. The van der Waals surface area contributed by atoms with E-state index in [1.165, 1.54) is 25.7 Å². The summed E-state index contributed by atoms with van der Waals surface area (Å²) in [5.74, 6) is 5.10. The zero-order chi connectivity index (χ0) is 24.5. The maximum Gasteiger partial charge on any atom is 0.107 e. The van der Waals surface area contributed by atoms with Gasteiger partial charge in [0.25, 0.3) is 0 Å². The Labute approximate surface area is 208 Å². The highest BCUT2D eigenvalue weighted by Gasteiger charge is 2.64. The van der Waals surface area contributed by atoms with Crippen molar-refractivity contribution in [1.29, 1.82) is 0 Å². The average Bonchev–Trinajstić information content (AvgIpc) is 2.78. The Morgan fingerprint density at radius 1 is 0.971 bits per heavy atom. The predicted octanol–water partition coefficient (Wildman–Crippen LogP) is 5.99. The maximum absolute atomic E-state index is 10.7. The van der Waals surface area contributed by atoms with Crippen LogP contribution in [0.4, 0.5) is 0 Å². The van der Waals surface area contributed by atoms with Gasteiger partial charge in [0.2, 0.25) is 0 Å². The smallest absolute Gasteiger partial charge is 0.107 e. The summed E-state index contributed by atoms with van der Waals surface area (Å²) < 4.78 is 6.36. The van der Waals surface area contributed by atoms with Crippen LogP contribution in [0.3, 0.4) is 0 Å². The molecule has 0 aromatic carbocycles. The molecule has 0 saturated heterocycles. The summed E-state index contributed by atoms with van der Waals surface area (Å²) in [4.78, 5) is 0. The van der Waals surface area contributed by atoms with Crippen LogP contribution in [0.15, 0.2) is 11.6 Å². The van der Waals surface area contributed by atoms with Crippen LogP contribution in [-0.2, 0) is 4.74 Å². The van der Waals surface area contributed by atoms with E-state index in [2.05, 4.69) is 46.6 Å². The number of terminal acetylenes is 1. The van der Waals surface area contributed by atoms with Gasteiger partial charge < -0.3 is 14.9 Å². The summed E-state index contributed by atoms with van der Waals surface area (Å²) in [5, 5.41) is 20.8. The van der Waals surface area contributed by atoms with Crippen molar-refractivity contribution < 1.29 is 14.9 Å². The van der Waals surface area contributed by atoms with E-state index in [1.54, 1.807) is 5.57 Å². The van der Waals surface area contributed by atoms with Gasteiger partial charge in [-0.2, -0.15) is 0 Å². The molecule has 2 N–H and O–H groups in total. The third kappa shape index (κ3) is 3.49. The Morgan fingerprint density at radius 2 is 1.68 bits per heavy atom.